The summed E-state index contributed by atoms with van der Waals surface area (Å²) in [4.78, 5) is 30.5. The summed E-state index contributed by atoms with van der Waals surface area (Å²) in [5.74, 6) is -0.236. The van der Waals surface area contributed by atoms with E-state index in [9.17, 15) is 9.59 Å². The van der Waals surface area contributed by atoms with E-state index in [4.69, 9.17) is 0 Å². The first kappa shape index (κ1) is 14.2. The minimum absolute atomic E-state index is 0.0783. The molecule has 1 aliphatic heterocycles. The molecule has 1 unspecified atom stereocenters. The molecule has 1 atom stereocenters. The summed E-state index contributed by atoms with van der Waals surface area (Å²) in [6.07, 6.45) is 0.610. The lowest BCUT2D eigenvalue weighted by atomic mass is 10.1. The quantitative estimate of drug-likeness (QED) is 0.943. The summed E-state index contributed by atoms with van der Waals surface area (Å²) in [5, 5.41) is 9.41. The molecule has 2 aromatic rings. The predicted molar refractivity (Wildman–Crippen MR) is 83.6 cm³/mol. The smallest absolute Gasteiger partial charge is 0.274 e. The lowest BCUT2D eigenvalue weighted by Crippen LogP contribution is -2.56. The van der Waals surface area contributed by atoms with E-state index in [0.717, 1.165) is 10.6 Å². The fourth-order valence-corrected chi connectivity index (χ4v) is 3.91. The number of thiazole rings is 1. The van der Waals surface area contributed by atoms with Gasteiger partial charge in [0.05, 0.1) is 0 Å². The highest BCUT2D eigenvalue weighted by Crippen LogP contribution is 2.26. The number of carbonyl (C=O) groups excluding carboxylic acids is 2. The van der Waals surface area contributed by atoms with Gasteiger partial charge in [-0.2, -0.15) is 11.3 Å². The molecule has 0 aromatic carbocycles. The third-order valence-corrected chi connectivity index (χ3v) is 5.04. The van der Waals surface area contributed by atoms with Gasteiger partial charge in [0.15, 0.2) is 0 Å². The first-order valence-corrected chi connectivity index (χ1v) is 8.59. The van der Waals surface area contributed by atoms with Crippen LogP contribution in [0.1, 0.15) is 23.8 Å². The van der Waals surface area contributed by atoms with Crippen LogP contribution < -0.4 is 5.32 Å². The van der Waals surface area contributed by atoms with Crippen molar-refractivity contribution in [3.05, 3.63) is 27.9 Å². The van der Waals surface area contributed by atoms with Gasteiger partial charge in [-0.1, -0.05) is 6.92 Å². The van der Waals surface area contributed by atoms with Crippen LogP contribution in [0.3, 0.4) is 0 Å². The van der Waals surface area contributed by atoms with Crippen molar-refractivity contribution in [1.82, 2.24) is 15.2 Å². The topological polar surface area (TPSA) is 62.3 Å². The van der Waals surface area contributed by atoms with Gasteiger partial charge in [-0.05, 0) is 17.9 Å². The van der Waals surface area contributed by atoms with Crippen molar-refractivity contribution in [3.63, 3.8) is 0 Å². The molecule has 0 bridgehead atoms. The molecule has 1 aliphatic rings. The van der Waals surface area contributed by atoms with Crippen LogP contribution in [0.5, 0.6) is 0 Å². The van der Waals surface area contributed by atoms with Gasteiger partial charge in [0, 0.05) is 29.4 Å². The Hall–Kier alpha value is -1.73. The number of amides is 2. The van der Waals surface area contributed by atoms with Crippen LogP contribution in [0.4, 0.5) is 0 Å². The molecule has 21 heavy (non-hydrogen) atoms. The molecule has 2 amide bonds. The second-order valence-corrected chi connectivity index (χ2v) is 6.40. The van der Waals surface area contributed by atoms with Gasteiger partial charge in [0.1, 0.15) is 16.7 Å². The van der Waals surface area contributed by atoms with Crippen molar-refractivity contribution in [2.75, 3.05) is 13.1 Å². The van der Waals surface area contributed by atoms with E-state index in [1.54, 1.807) is 21.6 Å². The van der Waals surface area contributed by atoms with Crippen LogP contribution in [0.25, 0.3) is 10.6 Å². The van der Waals surface area contributed by atoms with Crippen LogP contribution in [0.2, 0.25) is 0 Å². The van der Waals surface area contributed by atoms with Crippen molar-refractivity contribution < 1.29 is 9.59 Å². The average Bonchev–Trinajstić information content (AvgIpc) is 3.16. The van der Waals surface area contributed by atoms with E-state index in [1.165, 1.54) is 11.3 Å². The fraction of sp³-hybridized carbons (Fsp3) is 0.357. The van der Waals surface area contributed by atoms with Crippen molar-refractivity contribution in [2.24, 2.45) is 0 Å². The van der Waals surface area contributed by atoms with Crippen molar-refractivity contribution in [1.29, 1.82) is 0 Å². The summed E-state index contributed by atoms with van der Waals surface area (Å²) >= 11 is 3.06. The Bertz CT molecular complexity index is 651. The predicted octanol–water partition coefficient (Wildman–Crippen LogP) is 2.22. The number of piperazine rings is 1. The van der Waals surface area contributed by atoms with Gasteiger partial charge in [-0.3, -0.25) is 9.59 Å². The average molecular weight is 321 g/mol. The molecule has 110 valence electrons. The van der Waals surface area contributed by atoms with Gasteiger partial charge >= 0.3 is 0 Å². The molecule has 0 saturated carbocycles. The zero-order valence-corrected chi connectivity index (χ0v) is 13.2. The molecule has 3 heterocycles. The van der Waals surface area contributed by atoms with E-state index in [2.05, 4.69) is 10.3 Å². The highest BCUT2D eigenvalue weighted by molar-refractivity contribution is 7.14. The second kappa shape index (κ2) is 5.95. The maximum absolute atomic E-state index is 12.6. The largest absolute Gasteiger partial charge is 0.353 e. The number of hydrogen-bond acceptors (Lipinski definition) is 5. The van der Waals surface area contributed by atoms with E-state index < -0.39 is 6.04 Å². The standard InChI is InChI=1S/C14H15N3O2S2/c1-2-11-12(18)15-4-5-17(11)14(19)10-8-21-13(16-10)9-3-6-20-7-9/h3,6-8,11H,2,4-5H2,1H3,(H,15,18). The minimum atomic E-state index is -0.391. The zero-order chi connectivity index (χ0) is 14.8. The lowest BCUT2D eigenvalue weighted by Gasteiger charge is -2.34. The summed E-state index contributed by atoms with van der Waals surface area (Å²) in [6.45, 7) is 2.95. The molecule has 0 spiro atoms. The van der Waals surface area contributed by atoms with Crippen LogP contribution in [0.15, 0.2) is 22.2 Å². The fourth-order valence-electron chi connectivity index (χ4n) is 2.40. The lowest BCUT2D eigenvalue weighted by molar-refractivity contribution is -0.127. The Morgan fingerprint density at radius 2 is 2.38 bits per heavy atom. The molecule has 1 saturated heterocycles. The Balaban J connectivity index is 1.83. The van der Waals surface area contributed by atoms with E-state index in [-0.39, 0.29) is 11.8 Å². The highest BCUT2D eigenvalue weighted by atomic mass is 32.1. The van der Waals surface area contributed by atoms with Gasteiger partial charge in [0.2, 0.25) is 5.91 Å². The van der Waals surface area contributed by atoms with Crippen LogP contribution in [-0.4, -0.2) is 40.8 Å². The van der Waals surface area contributed by atoms with E-state index in [0.29, 0.717) is 25.2 Å². The van der Waals surface area contributed by atoms with Gasteiger partial charge in [-0.15, -0.1) is 11.3 Å². The molecule has 3 rings (SSSR count). The number of aromatic nitrogens is 1. The maximum atomic E-state index is 12.6. The normalized spacial score (nSPS) is 18.6. The minimum Gasteiger partial charge on any atom is -0.353 e. The molecule has 2 aromatic heterocycles. The van der Waals surface area contributed by atoms with Crippen molar-refractivity contribution >= 4 is 34.5 Å². The van der Waals surface area contributed by atoms with Gasteiger partial charge < -0.3 is 10.2 Å². The zero-order valence-electron chi connectivity index (χ0n) is 11.5. The second-order valence-electron chi connectivity index (χ2n) is 4.76. The SMILES string of the molecule is CCC1C(=O)NCCN1C(=O)c1csc(-c2ccsc2)n1. The first-order chi connectivity index (χ1) is 10.2. The summed E-state index contributed by atoms with van der Waals surface area (Å²) in [7, 11) is 0. The summed E-state index contributed by atoms with van der Waals surface area (Å²) in [5.41, 5.74) is 1.46. The molecule has 1 fully saturated rings. The van der Waals surface area contributed by atoms with Crippen molar-refractivity contribution in [2.45, 2.75) is 19.4 Å². The Labute approximate surface area is 130 Å². The molecular weight excluding hydrogens is 306 g/mol. The Morgan fingerprint density at radius 1 is 1.52 bits per heavy atom. The molecule has 5 nitrogen and oxygen atoms in total. The highest BCUT2D eigenvalue weighted by Gasteiger charge is 2.33. The molecule has 0 radical (unpaired) electrons. The van der Waals surface area contributed by atoms with Crippen LogP contribution in [-0.2, 0) is 4.79 Å². The summed E-state index contributed by atoms with van der Waals surface area (Å²) < 4.78 is 0. The number of thiophene rings is 1. The first-order valence-electron chi connectivity index (χ1n) is 6.77. The van der Waals surface area contributed by atoms with E-state index >= 15 is 0 Å². The monoisotopic (exact) mass is 321 g/mol. The van der Waals surface area contributed by atoms with Crippen LogP contribution in [0, 0.1) is 0 Å². The summed E-state index contributed by atoms with van der Waals surface area (Å²) in [6, 6.07) is 1.60. The van der Waals surface area contributed by atoms with E-state index in [1.807, 2.05) is 23.8 Å². The molecule has 1 N–H and O–H groups in total. The molecular formula is C14H15N3O2S2. The number of nitrogens with zero attached hydrogens (tertiary/aromatic N) is 2. The number of rotatable bonds is 3. The Kier molecular flexibility index (Phi) is 4.03. The number of hydrogen-bond donors (Lipinski definition) is 1. The number of carbonyl (C=O) groups is 2. The molecule has 7 heteroatoms. The maximum Gasteiger partial charge on any atom is 0.274 e. The van der Waals surface area contributed by atoms with Crippen LogP contribution >= 0.6 is 22.7 Å². The molecule has 0 aliphatic carbocycles. The van der Waals surface area contributed by atoms with Gasteiger partial charge in [-0.25, -0.2) is 4.98 Å². The third-order valence-electron chi connectivity index (χ3n) is 3.47. The third kappa shape index (κ3) is 2.71. The Morgan fingerprint density at radius 3 is 3.10 bits per heavy atom. The van der Waals surface area contributed by atoms with Gasteiger partial charge in [0.25, 0.3) is 5.91 Å². The van der Waals surface area contributed by atoms with Crippen molar-refractivity contribution in [3.8, 4) is 10.6 Å². The number of nitrogens with one attached hydrogen (secondary N) is 1.